The highest BCUT2D eigenvalue weighted by molar-refractivity contribution is 5.88. The number of nitrogens with zero attached hydrogens (tertiary/aromatic N) is 3. The number of amides is 2. The summed E-state index contributed by atoms with van der Waals surface area (Å²) in [6, 6.07) is 10.4. The normalized spacial score (nSPS) is 15.5. The van der Waals surface area contributed by atoms with Crippen LogP contribution in [0.15, 0.2) is 36.5 Å². The van der Waals surface area contributed by atoms with Crippen molar-refractivity contribution in [3.05, 3.63) is 53.5 Å². The Morgan fingerprint density at radius 3 is 2.48 bits per heavy atom. The molecule has 1 fully saturated rings. The molecule has 120 valence electrons. The Morgan fingerprint density at radius 1 is 1.13 bits per heavy atom. The molecule has 1 aliphatic rings. The molecule has 1 aliphatic heterocycles. The van der Waals surface area contributed by atoms with Gasteiger partial charge in [-0.2, -0.15) is 0 Å². The van der Waals surface area contributed by atoms with Gasteiger partial charge in [-0.3, -0.25) is 5.32 Å². The average Bonchev–Trinajstić information content (AvgIpc) is 2.56. The predicted molar refractivity (Wildman–Crippen MR) is 90.5 cm³/mol. The van der Waals surface area contributed by atoms with Crippen molar-refractivity contribution in [2.45, 2.75) is 32.6 Å². The fourth-order valence-electron chi connectivity index (χ4n) is 2.97. The van der Waals surface area contributed by atoms with Gasteiger partial charge in [0.15, 0.2) is 0 Å². The van der Waals surface area contributed by atoms with E-state index in [0.717, 1.165) is 25.9 Å². The van der Waals surface area contributed by atoms with Crippen molar-refractivity contribution in [3.63, 3.8) is 0 Å². The maximum atomic E-state index is 12.3. The first kappa shape index (κ1) is 15.5. The first-order chi connectivity index (χ1) is 11.1. The molecule has 0 spiro atoms. The number of carbonyl (C=O) groups excluding carboxylic acids is 1. The second kappa shape index (κ2) is 6.77. The number of hydrogen-bond donors (Lipinski definition) is 1. The summed E-state index contributed by atoms with van der Waals surface area (Å²) in [6.45, 7) is 5.46. The van der Waals surface area contributed by atoms with Crippen molar-refractivity contribution in [3.8, 4) is 0 Å². The first-order valence-corrected chi connectivity index (χ1v) is 8.04. The Balaban J connectivity index is 1.56. The van der Waals surface area contributed by atoms with Gasteiger partial charge in [-0.05, 0) is 44.2 Å². The standard InChI is InChI=1S/C18H22N4O/c1-13-3-5-15(6-4-13)16-8-11-22(12-9-16)18(23)21-17-7-10-19-14(2)20-17/h3-7,10,16H,8-9,11-12H2,1-2H3,(H,19,20,21,23). The van der Waals surface area contributed by atoms with Crippen LogP contribution in [0.1, 0.15) is 35.7 Å². The van der Waals surface area contributed by atoms with Crippen molar-refractivity contribution >= 4 is 11.8 Å². The number of likely N-dealkylation sites (tertiary alicyclic amines) is 1. The zero-order chi connectivity index (χ0) is 16.2. The quantitative estimate of drug-likeness (QED) is 0.923. The summed E-state index contributed by atoms with van der Waals surface area (Å²) in [7, 11) is 0. The molecule has 2 aromatic rings. The number of nitrogens with one attached hydrogen (secondary N) is 1. The number of anilines is 1. The van der Waals surface area contributed by atoms with Crippen LogP contribution in [0.25, 0.3) is 0 Å². The molecule has 1 N–H and O–H groups in total. The Morgan fingerprint density at radius 2 is 1.83 bits per heavy atom. The minimum absolute atomic E-state index is 0.0783. The minimum Gasteiger partial charge on any atom is -0.324 e. The lowest BCUT2D eigenvalue weighted by Crippen LogP contribution is -2.40. The molecule has 1 aromatic heterocycles. The van der Waals surface area contributed by atoms with E-state index in [2.05, 4.69) is 46.5 Å². The summed E-state index contributed by atoms with van der Waals surface area (Å²) in [4.78, 5) is 22.4. The van der Waals surface area contributed by atoms with Gasteiger partial charge >= 0.3 is 6.03 Å². The van der Waals surface area contributed by atoms with Crippen LogP contribution in [-0.2, 0) is 0 Å². The van der Waals surface area contributed by atoms with Crippen LogP contribution in [0, 0.1) is 13.8 Å². The summed E-state index contributed by atoms with van der Waals surface area (Å²) in [5, 5.41) is 2.85. The third kappa shape index (κ3) is 3.86. The molecule has 2 amide bonds. The summed E-state index contributed by atoms with van der Waals surface area (Å²) in [5.74, 6) is 1.75. The lowest BCUT2D eigenvalue weighted by atomic mass is 9.89. The zero-order valence-electron chi connectivity index (χ0n) is 13.6. The van der Waals surface area contributed by atoms with E-state index in [1.807, 2.05) is 11.8 Å². The highest BCUT2D eigenvalue weighted by Crippen LogP contribution is 2.28. The van der Waals surface area contributed by atoms with Gasteiger partial charge in [0.2, 0.25) is 0 Å². The fraction of sp³-hybridized carbons (Fsp3) is 0.389. The zero-order valence-corrected chi connectivity index (χ0v) is 13.6. The molecule has 23 heavy (non-hydrogen) atoms. The van der Waals surface area contributed by atoms with E-state index in [1.54, 1.807) is 12.3 Å². The van der Waals surface area contributed by atoms with Crippen molar-refractivity contribution in [2.75, 3.05) is 18.4 Å². The number of aromatic nitrogens is 2. The predicted octanol–water partition coefficient (Wildman–Crippen LogP) is 3.50. The van der Waals surface area contributed by atoms with Gasteiger partial charge in [0.25, 0.3) is 0 Å². The molecule has 5 nitrogen and oxygen atoms in total. The minimum atomic E-state index is -0.0783. The summed E-state index contributed by atoms with van der Waals surface area (Å²) in [6.07, 6.45) is 3.65. The third-order valence-electron chi connectivity index (χ3n) is 4.34. The maximum Gasteiger partial charge on any atom is 0.323 e. The Labute approximate surface area is 136 Å². The molecule has 0 aliphatic carbocycles. The van der Waals surface area contributed by atoms with E-state index in [9.17, 15) is 4.79 Å². The molecular formula is C18H22N4O. The van der Waals surface area contributed by atoms with E-state index in [1.165, 1.54) is 11.1 Å². The molecule has 0 unspecified atom stereocenters. The third-order valence-corrected chi connectivity index (χ3v) is 4.34. The Kier molecular flexibility index (Phi) is 4.55. The number of benzene rings is 1. The Bertz CT molecular complexity index is 676. The molecule has 1 saturated heterocycles. The second-order valence-corrected chi connectivity index (χ2v) is 6.09. The van der Waals surface area contributed by atoms with Crippen LogP contribution >= 0.6 is 0 Å². The number of aryl methyl sites for hydroxylation is 2. The van der Waals surface area contributed by atoms with Gasteiger partial charge in [-0.25, -0.2) is 14.8 Å². The molecule has 0 radical (unpaired) electrons. The topological polar surface area (TPSA) is 58.1 Å². The maximum absolute atomic E-state index is 12.3. The summed E-state index contributed by atoms with van der Waals surface area (Å²) >= 11 is 0. The molecule has 5 heteroatoms. The largest absolute Gasteiger partial charge is 0.324 e. The molecule has 1 aromatic carbocycles. The number of piperidine rings is 1. The van der Waals surface area contributed by atoms with E-state index >= 15 is 0 Å². The van der Waals surface area contributed by atoms with Crippen molar-refractivity contribution < 1.29 is 4.79 Å². The highest BCUT2D eigenvalue weighted by Gasteiger charge is 2.24. The van der Waals surface area contributed by atoms with Gasteiger partial charge < -0.3 is 4.90 Å². The molecular weight excluding hydrogens is 288 g/mol. The van der Waals surface area contributed by atoms with E-state index < -0.39 is 0 Å². The first-order valence-electron chi connectivity index (χ1n) is 8.04. The van der Waals surface area contributed by atoms with Crippen LogP contribution in [0.3, 0.4) is 0 Å². The van der Waals surface area contributed by atoms with Gasteiger partial charge in [0.05, 0.1) is 0 Å². The number of rotatable bonds is 2. The SMILES string of the molecule is Cc1ccc(C2CCN(C(=O)Nc3ccnc(C)n3)CC2)cc1. The lowest BCUT2D eigenvalue weighted by molar-refractivity contribution is 0.194. The molecule has 2 heterocycles. The van der Waals surface area contributed by atoms with Crippen LogP contribution in [0.4, 0.5) is 10.6 Å². The van der Waals surface area contributed by atoms with Crippen molar-refractivity contribution in [1.82, 2.24) is 14.9 Å². The number of hydrogen-bond acceptors (Lipinski definition) is 3. The molecule has 0 bridgehead atoms. The van der Waals surface area contributed by atoms with Crippen LogP contribution in [0.2, 0.25) is 0 Å². The number of carbonyl (C=O) groups is 1. The van der Waals surface area contributed by atoms with Gasteiger partial charge in [-0.1, -0.05) is 29.8 Å². The van der Waals surface area contributed by atoms with E-state index in [-0.39, 0.29) is 6.03 Å². The lowest BCUT2D eigenvalue weighted by Gasteiger charge is -2.32. The monoisotopic (exact) mass is 310 g/mol. The van der Waals surface area contributed by atoms with Crippen LogP contribution in [-0.4, -0.2) is 34.0 Å². The number of urea groups is 1. The van der Waals surface area contributed by atoms with E-state index in [0.29, 0.717) is 17.6 Å². The smallest absolute Gasteiger partial charge is 0.323 e. The van der Waals surface area contributed by atoms with Crippen LogP contribution < -0.4 is 5.32 Å². The summed E-state index contributed by atoms with van der Waals surface area (Å²) < 4.78 is 0. The fourth-order valence-corrected chi connectivity index (χ4v) is 2.97. The van der Waals surface area contributed by atoms with E-state index in [4.69, 9.17) is 0 Å². The average molecular weight is 310 g/mol. The highest BCUT2D eigenvalue weighted by atomic mass is 16.2. The van der Waals surface area contributed by atoms with Crippen LogP contribution in [0.5, 0.6) is 0 Å². The van der Waals surface area contributed by atoms with Crippen molar-refractivity contribution in [2.24, 2.45) is 0 Å². The molecule has 0 saturated carbocycles. The van der Waals surface area contributed by atoms with Gasteiger partial charge in [0, 0.05) is 19.3 Å². The molecule has 3 rings (SSSR count). The van der Waals surface area contributed by atoms with Gasteiger partial charge in [-0.15, -0.1) is 0 Å². The Hall–Kier alpha value is -2.43. The molecule has 0 atom stereocenters. The van der Waals surface area contributed by atoms with Gasteiger partial charge in [0.1, 0.15) is 11.6 Å². The van der Waals surface area contributed by atoms with Crippen molar-refractivity contribution in [1.29, 1.82) is 0 Å². The second-order valence-electron chi connectivity index (χ2n) is 6.09. The summed E-state index contributed by atoms with van der Waals surface area (Å²) in [5.41, 5.74) is 2.66.